The van der Waals surface area contributed by atoms with Gasteiger partial charge in [-0.2, -0.15) is 0 Å². The highest BCUT2D eigenvalue weighted by Crippen LogP contribution is 2.22. The zero-order chi connectivity index (χ0) is 26.5. The van der Waals surface area contributed by atoms with Crippen molar-refractivity contribution in [1.82, 2.24) is 15.0 Å². The molecule has 0 aliphatic carbocycles. The van der Waals surface area contributed by atoms with Crippen LogP contribution in [0.5, 0.6) is 0 Å². The zero-order valence-corrected chi connectivity index (χ0v) is 20.6. The van der Waals surface area contributed by atoms with Crippen LogP contribution in [0.25, 0.3) is 22.4 Å². The number of aromatic nitrogens is 3. The van der Waals surface area contributed by atoms with Gasteiger partial charge in [-0.3, -0.25) is 9.52 Å². The molecule has 0 spiro atoms. The first-order valence-corrected chi connectivity index (χ1v) is 12.9. The Labute approximate surface area is 217 Å². The smallest absolute Gasteiger partial charge is 0.338 e. The molecular weight excluding hydrogens is 506 g/mol. The maximum absolute atomic E-state index is 12.5. The third-order valence-corrected chi connectivity index (χ3v) is 6.82. The van der Waals surface area contributed by atoms with Crippen LogP contribution in [-0.4, -0.2) is 41.9 Å². The van der Waals surface area contributed by atoms with E-state index in [1.165, 1.54) is 36.5 Å². The van der Waals surface area contributed by atoms with Gasteiger partial charge in [0.2, 0.25) is 0 Å². The highest BCUT2D eigenvalue weighted by Gasteiger charge is 2.16. The number of H-pyrrole nitrogens is 1. The lowest BCUT2D eigenvalue weighted by Crippen LogP contribution is -2.21. The van der Waals surface area contributed by atoms with E-state index in [-0.39, 0.29) is 16.3 Å². The van der Waals surface area contributed by atoms with Crippen molar-refractivity contribution in [3.63, 3.8) is 0 Å². The molecule has 11 heteroatoms. The normalized spacial score (nSPS) is 11.2. The molecule has 0 radical (unpaired) electrons. The number of amides is 1. The number of carbonyl (C=O) groups is 2. The number of benzene rings is 3. The molecule has 0 bridgehead atoms. The van der Waals surface area contributed by atoms with Crippen LogP contribution < -0.4 is 10.0 Å². The van der Waals surface area contributed by atoms with Gasteiger partial charge in [-0.1, -0.05) is 36.4 Å². The number of ether oxygens (including phenoxy) is 1. The Morgan fingerprint density at radius 3 is 2.39 bits per heavy atom. The minimum absolute atomic E-state index is 0.00259. The highest BCUT2D eigenvalue weighted by atomic mass is 32.2. The number of sulfonamides is 1. The lowest BCUT2D eigenvalue weighted by atomic mass is 10.2. The number of anilines is 2. The first-order valence-electron chi connectivity index (χ1n) is 11.4. The van der Waals surface area contributed by atoms with Crippen molar-refractivity contribution in [2.24, 2.45) is 0 Å². The Bertz CT molecular complexity index is 1700. The Morgan fingerprint density at radius 1 is 0.895 bits per heavy atom. The molecule has 0 aliphatic rings. The van der Waals surface area contributed by atoms with Gasteiger partial charge >= 0.3 is 5.97 Å². The van der Waals surface area contributed by atoms with E-state index in [1.807, 2.05) is 30.3 Å². The fourth-order valence-corrected chi connectivity index (χ4v) is 4.63. The van der Waals surface area contributed by atoms with Crippen molar-refractivity contribution >= 4 is 44.4 Å². The van der Waals surface area contributed by atoms with Crippen LogP contribution in [0, 0.1) is 0 Å². The predicted molar refractivity (Wildman–Crippen MR) is 142 cm³/mol. The third kappa shape index (κ3) is 5.68. The topological polar surface area (TPSA) is 143 Å². The summed E-state index contributed by atoms with van der Waals surface area (Å²) in [7, 11) is -3.84. The number of pyridine rings is 1. The second kappa shape index (κ2) is 10.5. The molecular formula is C27H21N5O5S. The quantitative estimate of drug-likeness (QED) is 0.256. The maximum atomic E-state index is 12.5. The van der Waals surface area contributed by atoms with E-state index in [0.29, 0.717) is 22.5 Å². The summed E-state index contributed by atoms with van der Waals surface area (Å²) in [6, 6.07) is 24.9. The van der Waals surface area contributed by atoms with Crippen molar-refractivity contribution < 1.29 is 22.7 Å². The Balaban J connectivity index is 1.17. The second-order valence-electron chi connectivity index (χ2n) is 8.15. The molecule has 0 saturated heterocycles. The number of esters is 1. The van der Waals surface area contributed by atoms with Crippen LogP contribution in [0.3, 0.4) is 0 Å². The number of hydrogen-bond acceptors (Lipinski definition) is 7. The van der Waals surface area contributed by atoms with Crippen molar-refractivity contribution in [2.45, 2.75) is 4.90 Å². The van der Waals surface area contributed by atoms with Crippen molar-refractivity contribution in [2.75, 3.05) is 16.6 Å². The second-order valence-corrected chi connectivity index (χ2v) is 9.83. The van der Waals surface area contributed by atoms with E-state index >= 15 is 0 Å². The molecule has 2 aromatic heterocycles. The van der Waals surface area contributed by atoms with Crippen molar-refractivity contribution in [1.29, 1.82) is 0 Å². The highest BCUT2D eigenvalue weighted by molar-refractivity contribution is 7.92. The Kier molecular flexibility index (Phi) is 6.83. The molecule has 0 atom stereocenters. The maximum Gasteiger partial charge on any atom is 0.338 e. The van der Waals surface area contributed by atoms with Crippen molar-refractivity contribution in [3.05, 3.63) is 103 Å². The number of nitrogens with zero attached hydrogens (tertiary/aromatic N) is 2. The van der Waals surface area contributed by atoms with Crippen LogP contribution in [0.4, 0.5) is 11.5 Å². The fourth-order valence-electron chi connectivity index (χ4n) is 3.62. The van der Waals surface area contributed by atoms with Gasteiger partial charge < -0.3 is 15.0 Å². The molecule has 3 N–H and O–H groups in total. The first kappa shape index (κ1) is 24.7. The number of carbonyl (C=O) groups excluding carboxylic acids is 2. The van der Waals surface area contributed by atoms with Gasteiger partial charge in [-0.25, -0.2) is 23.2 Å². The molecule has 0 saturated carbocycles. The predicted octanol–water partition coefficient (Wildman–Crippen LogP) is 4.22. The molecule has 0 fully saturated rings. The number of nitrogens with one attached hydrogen (secondary N) is 3. The lowest BCUT2D eigenvalue weighted by molar-refractivity contribution is -0.119. The summed E-state index contributed by atoms with van der Waals surface area (Å²) in [5, 5.41) is 2.57. The molecule has 2 heterocycles. The third-order valence-electron chi connectivity index (χ3n) is 5.45. The Hall–Kier alpha value is -5.03. The van der Waals surface area contributed by atoms with E-state index in [1.54, 1.807) is 30.3 Å². The van der Waals surface area contributed by atoms with Gasteiger partial charge in [0, 0.05) is 17.4 Å². The molecule has 190 valence electrons. The van der Waals surface area contributed by atoms with Crippen molar-refractivity contribution in [3.8, 4) is 11.4 Å². The van der Waals surface area contributed by atoms with Crippen LogP contribution in [0.1, 0.15) is 10.4 Å². The van der Waals surface area contributed by atoms with Gasteiger partial charge in [0.25, 0.3) is 15.9 Å². The average molecular weight is 528 g/mol. The zero-order valence-electron chi connectivity index (χ0n) is 19.8. The standard InChI is InChI=1S/C27H21N5O5S/c33-25(29-20-10-12-21(13-11-20)38(35,36)32-24-8-4-5-15-28-24)17-37-27(34)19-9-14-22-23(16-19)31-26(30-22)18-6-2-1-3-7-18/h1-16H,17H2,(H,28,32)(H,29,33)(H,30,31). The summed E-state index contributed by atoms with van der Waals surface area (Å²) >= 11 is 0. The first-order chi connectivity index (χ1) is 18.4. The van der Waals surface area contributed by atoms with Crippen LogP contribution in [0.15, 0.2) is 102 Å². The Morgan fingerprint density at radius 2 is 1.66 bits per heavy atom. The number of hydrogen-bond donors (Lipinski definition) is 3. The average Bonchev–Trinajstić information content (AvgIpc) is 3.36. The molecule has 3 aromatic carbocycles. The van der Waals surface area contributed by atoms with E-state index in [4.69, 9.17) is 4.74 Å². The van der Waals surface area contributed by atoms with E-state index in [9.17, 15) is 18.0 Å². The molecule has 0 aliphatic heterocycles. The summed E-state index contributed by atoms with van der Waals surface area (Å²) in [4.78, 5) is 36.5. The summed E-state index contributed by atoms with van der Waals surface area (Å²) in [5.74, 6) is -0.374. The summed E-state index contributed by atoms with van der Waals surface area (Å²) < 4.78 is 32.5. The minimum atomic E-state index is -3.84. The monoisotopic (exact) mass is 527 g/mol. The molecule has 1 amide bonds. The number of fused-ring (bicyclic) bond motifs is 1. The van der Waals surface area contributed by atoms with E-state index in [2.05, 4.69) is 25.0 Å². The molecule has 38 heavy (non-hydrogen) atoms. The van der Waals surface area contributed by atoms with Crippen LogP contribution >= 0.6 is 0 Å². The van der Waals surface area contributed by atoms with Gasteiger partial charge in [0.1, 0.15) is 11.6 Å². The SMILES string of the molecule is O=C(COC(=O)c1ccc2nc(-c3ccccc3)[nH]c2c1)Nc1ccc(S(=O)(=O)Nc2ccccn2)cc1. The number of rotatable bonds is 8. The summed E-state index contributed by atoms with van der Waals surface area (Å²) in [6.07, 6.45) is 1.47. The number of imidazole rings is 1. The summed E-state index contributed by atoms with van der Waals surface area (Å²) in [6.45, 7) is -0.517. The molecule has 10 nitrogen and oxygen atoms in total. The number of aromatic amines is 1. The molecule has 5 aromatic rings. The summed E-state index contributed by atoms with van der Waals surface area (Å²) in [5.41, 5.74) is 2.88. The van der Waals surface area contributed by atoms with Crippen LogP contribution in [-0.2, 0) is 19.6 Å². The largest absolute Gasteiger partial charge is 0.452 e. The van der Waals surface area contributed by atoms with Gasteiger partial charge in [0.15, 0.2) is 6.61 Å². The lowest BCUT2D eigenvalue weighted by Gasteiger charge is -2.09. The van der Waals surface area contributed by atoms with Gasteiger partial charge in [0.05, 0.1) is 21.5 Å². The van der Waals surface area contributed by atoms with E-state index in [0.717, 1.165) is 5.56 Å². The van der Waals surface area contributed by atoms with Gasteiger partial charge in [-0.15, -0.1) is 0 Å². The fraction of sp³-hybridized carbons (Fsp3) is 0.0370. The molecule has 5 rings (SSSR count). The molecule has 0 unspecified atom stereocenters. The van der Waals surface area contributed by atoms with Crippen LogP contribution in [0.2, 0.25) is 0 Å². The van der Waals surface area contributed by atoms with E-state index < -0.39 is 28.5 Å². The van der Waals surface area contributed by atoms with Gasteiger partial charge in [-0.05, 0) is 54.6 Å². The minimum Gasteiger partial charge on any atom is -0.452 e.